The van der Waals surface area contributed by atoms with Crippen LogP contribution in [-0.4, -0.2) is 54.9 Å². The Kier molecular flexibility index (Phi) is 10.2. The third kappa shape index (κ3) is 8.62. The van der Waals surface area contributed by atoms with E-state index in [0.717, 1.165) is 16.6 Å². The molecular formula is C21H26ClN5O3S2. The van der Waals surface area contributed by atoms with Crippen molar-refractivity contribution in [2.75, 3.05) is 52.4 Å². The van der Waals surface area contributed by atoms with Crippen LogP contribution in [0.1, 0.15) is 6.92 Å². The van der Waals surface area contributed by atoms with E-state index in [2.05, 4.69) is 33.7 Å². The third-order valence-corrected chi connectivity index (χ3v) is 5.70. The van der Waals surface area contributed by atoms with Crippen molar-refractivity contribution in [3.63, 3.8) is 0 Å². The molecule has 0 aliphatic heterocycles. The summed E-state index contributed by atoms with van der Waals surface area (Å²) in [5, 5.41) is 8.42. The van der Waals surface area contributed by atoms with E-state index in [1.165, 1.54) is 6.92 Å². The summed E-state index contributed by atoms with van der Waals surface area (Å²) in [4.78, 5) is 37.7. The van der Waals surface area contributed by atoms with Crippen LogP contribution in [-0.2, 0) is 9.59 Å². The van der Waals surface area contributed by atoms with Crippen molar-refractivity contribution in [2.24, 2.45) is 0 Å². The van der Waals surface area contributed by atoms with Gasteiger partial charge in [-0.25, -0.2) is 9.10 Å². The number of benzene rings is 2. The maximum Gasteiger partial charge on any atom is 0.336 e. The first-order valence-corrected chi connectivity index (χ1v) is 11.6. The molecule has 8 nitrogen and oxygen atoms in total. The van der Waals surface area contributed by atoms with Crippen LogP contribution in [0.2, 0.25) is 5.02 Å². The first kappa shape index (κ1) is 25.9. The molecule has 0 saturated carbocycles. The van der Waals surface area contributed by atoms with Gasteiger partial charge in [0.05, 0.1) is 22.2 Å². The molecule has 2 aromatic rings. The molecule has 0 spiro atoms. The number of thioether (sulfide) groups is 1. The second kappa shape index (κ2) is 12.6. The maximum absolute atomic E-state index is 12.5. The fourth-order valence-corrected chi connectivity index (χ4v) is 3.76. The van der Waals surface area contributed by atoms with Crippen molar-refractivity contribution in [2.45, 2.75) is 6.92 Å². The molecule has 2 aromatic carbocycles. The minimum atomic E-state index is -0.495. The van der Waals surface area contributed by atoms with Gasteiger partial charge in [-0.15, -0.1) is 0 Å². The molecule has 2 rings (SSSR count). The minimum Gasteiger partial charge on any atom is -0.326 e. The number of nitrogens with zero attached hydrogens (tertiary/aromatic N) is 2. The highest BCUT2D eigenvalue weighted by Crippen LogP contribution is 2.29. The molecule has 0 aliphatic carbocycles. The maximum atomic E-state index is 12.5. The summed E-state index contributed by atoms with van der Waals surface area (Å²) in [5.74, 6) is 0.857. The number of amides is 4. The van der Waals surface area contributed by atoms with Crippen LogP contribution < -0.4 is 20.3 Å². The zero-order valence-electron chi connectivity index (χ0n) is 18.0. The molecule has 0 atom stereocenters. The van der Waals surface area contributed by atoms with Crippen molar-refractivity contribution >= 4 is 76.8 Å². The number of urea groups is 1. The molecule has 4 amide bonds. The fraction of sp³-hybridized carbons (Fsp3) is 0.286. The molecule has 11 heteroatoms. The topological polar surface area (TPSA) is 93.8 Å². The van der Waals surface area contributed by atoms with Crippen LogP contribution in [0, 0.1) is 0 Å². The molecule has 0 radical (unpaired) electrons. The Hall–Kier alpha value is -2.40. The summed E-state index contributed by atoms with van der Waals surface area (Å²) in [7, 11) is 3.97. The monoisotopic (exact) mass is 495 g/mol. The van der Waals surface area contributed by atoms with E-state index < -0.39 is 6.03 Å². The van der Waals surface area contributed by atoms with E-state index in [-0.39, 0.29) is 11.8 Å². The van der Waals surface area contributed by atoms with Gasteiger partial charge < -0.3 is 20.9 Å². The van der Waals surface area contributed by atoms with E-state index >= 15 is 0 Å². The summed E-state index contributed by atoms with van der Waals surface area (Å²) in [6.07, 6.45) is 0. The van der Waals surface area contributed by atoms with Gasteiger partial charge in [-0.1, -0.05) is 24.4 Å². The van der Waals surface area contributed by atoms with Gasteiger partial charge in [0.15, 0.2) is 0 Å². The number of hydrogen-bond donors (Lipinski definition) is 4. The lowest BCUT2D eigenvalue weighted by molar-refractivity contribution is -0.114. The van der Waals surface area contributed by atoms with Crippen LogP contribution in [0.4, 0.5) is 27.5 Å². The first-order valence-electron chi connectivity index (χ1n) is 9.65. The predicted octanol–water partition coefficient (Wildman–Crippen LogP) is 4.42. The first-order chi connectivity index (χ1) is 15.2. The zero-order chi connectivity index (χ0) is 23.7. The zero-order valence-corrected chi connectivity index (χ0v) is 20.5. The fourth-order valence-electron chi connectivity index (χ4n) is 2.47. The Balaban J connectivity index is 1.92. The summed E-state index contributed by atoms with van der Waals surface area (Å²) < 4.78 is 1.11. The van der Waals surface area contributed by atoms with Crippen LogP contribution in [0.5, 0.6) is 0 Å². The lowest BCUT2D eigenvalue weighted by Crippen LogP contribution is -2.26. The lowest BCUT2D eigenvalue weighted by atomic mass is 10.2. The average molecular weight is 496 g/mol. The predicted molar refractivity (Wildman–Crippen MR) is 137 cm³/mol. The van der Waals surface area contributed by atoms with Gasteiger partial charge in [0.1, 0.15) is 0 Å². The normalized spacial score (nSPS) is 10.6. The van der Waals surface area contributed by atoms with Crippen LogP contribution in [0.15, 0.2) is 42.5 Å². The number of thiol groups is 1. The van der Waals surface area contributed by atoms with Crippen molar-refractivity contribution in [1.29, 1.82) is 0 Å². The number of hydrogen-bond acceptors (Lipinski definition) is 6. The Bertz CT molecular complexity index is 957. The van der Waals surface area contributed by atoms with Gasteiger partial charge in [-0.05, 0) is 56.6 Å². The van der Waals surface area contributed by atoms with E-state index in [9.17, 15) is 14.4 Å². The van der Waals surface area contributed by atoms with Gasteiger partial charge in [-0.2, -0.15) is 11.8 Å². The molecule has 0 bridgehead atoms. The van der Waals surface area contributed by atoms with E-state index in [1.807, 2.05) is 14.1 Å². The summed E-state index contributed by atoms with van der Waals surface area (Å²) in [6.45, 7) is 2.31. The highest BCUT2D eigenvalue weighted by Gasteiger charge is 2.15. The van der Waals surface area contributed by atoms with E-state index in [0.29, 0.717) is 33.5 Å². The van der Waals surface area contributed by atoms with Crippen LogP contribution >= 0.6 is 36.2 Å². The number of anilines is 4. The Labute approximate surface area is 202 Å². The van der Waals surface area contributed by atoms with Crippen molar-refractivity contribution in [3.8, 4) is 0 Å². The second-order valence-electron chi connectivity index (χ2n) is 7.07. The molecule has 32 heavy (non-hydrogen) atoms. The number of nitrogens with one attached hydrogen (secondary N) is 3. The smallest absolute Gasteiger partial charge is 0.326 e. The highest BCUT2D eigenvalue weighted by molar-refractivity contribution is 7.99. The molecule has 172 valence electrons. The van der Waals surface area contributed by atoms with Gasteiger partial charge in [0.25, 0.3) is 0 Å². The Morgan fingerprint density at radius 2 is 1.62 bits per heavy atom. The summed E-state index contributed by atoms with van der Waals surface area (Å²) in [5.41, 5.74) is 2.05. The van der Waals surface area contributed by atoms with Gasteiger partial charge in [0.2, 0.25) is 11.8 Å². The number of halogens is 1. The summed E-state index contributed by atoms with van der Waals surface area (Å²) in [6, 6.07) is 11.0. The number of carbonyl (C=O) groups is 3. The number of carbonyl (C=O) groups excluding carboxylic acids is 3. The van der Waals surface area contributed by atoms with E-state index in [1.54, 1.807) is 54.2 Å². The molecule has 0 heterocycles. The quantitative estimate of drug-likeness (QED) is 0.305. The standard InChI is InChI=1S/C21H26ClN5O3S2/c1-14(28)23-15-4-6-16(7-5-15)24-21(30)27(31)17-8-9-19(18(22)12-17)25-20(29)13-32-11-10-26(2)3/h4-9,12,31H,10-11,13H2,1-3H3,(H,23,28)(H,24,30)(H,25,29). The molecule has 0 saturated heterocycles. The molecule has 3 N–H and O–H groups in total. The Morgan fingerprint density at radius 3 is 2.19 bits per heavy atom. The van der Waals surface area contributed by atoms with Gasteiger partial charge in [0, 0.05) is 30.6 Å². The summed E-state index contributed by atoms with van der Waals surface area (Å²) >= 11 is 12.1. The molecule has 0 aromatic heterocycles. The molecular weight excluding hydrogens is 470 g/mol. The Morgan fingerprint density at radius 1 is 1.00 bits per heavy atom. The van der Waals surface area contributed by atoms with Crippen molar-refractivity contribution in [1.82, 2.24) is 4.90 Å². The molecule has 0 aliphatic rings. The SMILES string of the molecule is CC(=O)Nc1ccc(NC(=O)N(S)c2ccc(NC(=O)CSCCN(C)C)c(Cl)c2)cc1. The van der Waals surface area contributed by atoms with E-state index in [4.69, 9.17) is 11.6 Å². The largest absolute Gasteiger partial charge is 0.336 e. The van der Waals surface area contributed by atoms with Crippen LogP contribution in [0.3, 0.4) is 0 Å². The van der Waals surface area contributed by atoms with Crippen molar-refractivity contribution < 1.29 is 14.4 Å². The molecule has 0 unspecified atom stereocenters. The van der Waals surface area contributed by atoms with Crippen molar-refractivity contribution in [3.05, 3.63) is 47.5 Å². The average Bonchev–Trinajstić information content (AvgIpc) is 2.73. The lowest BCUT2D eigenvalue weighted by Gasteiger charge is -2.18. The second-order valence-corrected chi connectivity index (χ2v) is 8.98. The van der Waals surface area contributed by atoms with Gasteiger partial charge in [-0.3, -0.25) is 9.59 Å². The number of rotatable bonds is 9. The van der Waals surface area contributed by atoms with Crippen LogP contribution in [0.25, 0.3) is 0 Å². The highest BCUT2D eigenvalue weighted by atomic mass is 35.5. The van der Waals surface area contributed by atoms with Gasteiger partial charge >= 0.3 is 6.03 Å². The molecule has 0 fully saturated rings. The minimum absolute atomic E-state index is 0.147. The third-order valence-electron chi connectivity index (χ3n) is 4.04.